The van der Waals surface area contributed by atoms with Crippen LogP contribution in [0.2, 0.25) is 0 Å². The molecule has 1 rings (SSSR count). The molecular formula is C9H16N2O. The zero-order valence-corrected chi connectivity index (χ0v) is 7.55. The van der Waals surface area contributed by atoms with Crippen molar-refractivity contribution in [2.24, 2.45) is 0 Å². The number of nitrogens with one attached hydrogen (secondary N) is 1. The van der Waals surface area contributed by atoms with Gasteiger partial charge in [-0.15, -0.1) is 0 Å². The lowest BCUT2D eigenvalue weighted by Crippen LogP contribution is -2.33. The van der Waals surface area contributed by atoms with Gasteiger partial charge >= 0.3 is 0 Å². The van der Waals surface area contributed by atoms with Crippen molar-refractivity contribution in [1.29, 1.82) is 5.26 Å². The summed E-state index contributed by atoms with van der Waals surface area (Å²) in [6.07, 6.45) is 3.50. The standard InChI is InChI=1S/C9H16N2O/c1-2-8(6-10)11-7-9-4-3-5-12-9/h8-9,11H,2-5,7H2,1H3. The van der Waals surface area contributed by atoms with Gasteiger partial charge in [0.2, 0.25) is 0 Å². The molecule has 3 heteroatoms. The van der Waals surface area contributed by atoms with Crippen LogP contribution in [-0.4, -0.2) is 25.3 Å². The fourth-order valence-corrected chi connectivity index (χ4v) is 1.36. The Morgan fingerprint density at radius 3 is 3.08 bits per heavy atom. The monoisotopic (exact) mass is 168 g/mol. The summed E-state index contributed by atoms with van der Waals surface area (Å²) in [5, 5.41) is 11.8. The van der Waals surface area contributed by atoms with Crippen molar-refractivity contribution in [2.45, 2.75) is 38.3 Å². The van der Waals surface area contributed by atoms with Crippen LogP contribution in [0.25, 0.3) is 0 Å². The van der Waals surface area contributed by atoms with Crippen LogP contribution in [0.1, 0.15) is 26.2 Å². The molecule has 68 valence electrons. The van der Waals surface area contributed by atoms with Crippen LogP contribution in [0.5, 0.6) is 0 Å². The molecule has 0 spiro atoms. The highest BCUT2D eigenvalue weighted by atomic mass is 16.5. The Labute approximate surface area is 73.7 Å². The molecule has 0 aromatic heterocycles. The fourth-order valence-electron chi connectivity index (χ4n) is 1.36. The van der Waals surface area contributed by atoms with Gasteiger partial charge in [-0.1, -0.05) is 6.92 Å². The van der Waals surface area contributed by atoms with Gasteiger partial charge < -0.3 is 4.74 Å². The molecule has 2 atom stereocenters. The van der Waals surface area contributed by atoms with Crippen LogP contribution < -0.4 is 5.32 Å². The molecule has 3 nitrogen and oxygen atoms in total. The molecule has 1 fully saturated rings. The Morgan fingerprint density at radius 1 is 1.75 bits per heavy atom. The molecule has 0 bridgehead atoms. The first-order valence-corrected chi connectivity index (χ1v) is 4.61. The Balaban J connectivity index is 2.11. The normalized spacial score (nSPS) is 25.2. The highest BCUT2D eigenvalue weighted by molar-refractivity contribution is 4.89. The van der Waals surface area contributed by atoms with Crippen LogP contribution in [0.15, 0.2) is 0 Å². The Kier molecular flexibility index (Phi) is 4.06. The molecule has 2 unspecified atom stereocenters. The highest BCUT2D eigenvalue weighted by Gasteiger charge is 2.16. The van der Waals surface area contributed by atoms with E-state index in [2.05, 4.69) is 11.4 Å². The summed E-state index contributed by atoms with van der Waals surface area (Å²) < 4.78 is 5.42. The molecule has 1 heterocycles. The molecule has 0 amide bonds. The summed E-state index contributed by atoms with van der Waals surface area (Å²) in [4.78, 5) is 0. The molecular weight excluding hydrogens is 152 g/mol. The molecule has 12 heavy (non-hydrogen) atoms. The zero-order valence-electron chi connectivity index (χ0n) is 7.55. The average molecular weight is 168 g/mol. The van der Waals surface area contributed by atoms with E-state index in [1.165, 1.54) is 0 Å². The van der Waals surface area contributed by atoms with Crippen molar-refractivity contribution in [3.8, 4) is 6.07 Å². The van der Waals surface area contributed by atoms with Crippen LogP contribution in [0, 0.1) is 11.3 Å². The Bertz CT molecular complexity index is 158. The molecule has 0 aliphatic carbocycles. The first-order valence-electron chi connectivity index (χ1n) is 4.61. The van der Waals surface area contributed by atoms with Gasteiger partial charge in [0.25, 0.3) is 0 Å². The van der Waals surface area contributed by atoms with Crippen molar-refractivity contribution in [1.82, 2.24) is 5.32 Å². The van der Waals surface area contributed by atoms with E-state index in [0.717, 1.165) is 32.4 Å². The summed E-state index contributed by atoms with van der Waals surface area (Å²) in [7, 11) is 0. The van der Waals surface area contributed by atoms with Crippen molar-refractivity contribution < 1.29 is 4.74 Å². The van der Waals surface area contributed by atoms with Crippen LogP contribution >= 0.6 is 0 Å². The molecule has 0 aromatic carbocycles. The molecule has 1 aliphatic heterocycles. The third-order valence-corrected chi connectivity index (χ3v) is 2.18. The van der Waals surface area contributed by atoms with Crippen molar-refractivity contribution in [3.63, 3.8) is 0 Å². The van der Waals surface area contributed by atoms with Gasteiger partial charge in [0, 0.05) is 13.2 Å². The summed E-state index contributed by atoms with van der Waals surface area (Å²) in [5.74, 6) is 0. The van der Waals surface area contributed by atoms with Gasteiger partial charge in [0.1, 0.15) is 0 Å². The second-order valence-electron chi connectivity index (χ2n) is 3.13. The number of hydrogen-bond donors (Lipinski definition) is 1. The van der Waals surface area contributed by atoms with Crippen molar-refractivity contribution >= 4 is 0 Å². The van der Waals surface area contributed by atoms with Gasteiger partial charge in [-0.2, -0.15) is 5.26 Å². The highest BCUT2D eigenvalue weighted by Crippen LogP contribution is 2.10. The van der Waals surface area contributed by atoms with E-state index in [1.54, 1.807) is 0 Å². The van der Waals surface area contributed by atoms with Gasteiger partial charge in [0.05, 0.1) is 18.2 Å². The number of hydrogen-bond acceptors (Lipinski definition) is 3. The Hall–Kier alpha value is -0.590. The number of nitriles is 1. The number of nitrogens with zero attached hydrogens (tertiary/aromatic N) is 1. The minimum Gasteiger partial charge on any atom is -0.377 e. The molecule has 1 saturated heterocycles. The molecule has 0 saturated carbocycles. The average Bonchev–Trinajstić information content (AvgIpc) is 2.59. The summed E-state index contributed by atoms with van der Waals surface area (Å²) in [6.45, 7) is 3.72. The van der Waals surface area contributed by atoms with Crippen LogP contribution in [0.3, 0.4) is 0 Å². The van der Waals surface area contributed by atoms with E-state index in [-0.39, 0.29) is 6.04 Å². The van der Waals surface area contributed by atoms with E-state index in [9.17, 15) is 0 Å². The van der Waals surface area contributed by atoms with E-state index in [1.807, 2.05) is 6.92 Å². The molecule has 0 aromatic rings. The summed E-state index contributed by atoms with van der Waals surface area (Å²) >= 11 is 0. The van der Waals surface area contributed by atoms with Crippen molar-refractivity contribution in [2.75, 3.05) is 13.2 Å². The zero-order chi connectivity index (χ0) is 8.81. The summed E-state index contributed by atoms with van der Waals surface area (Å²) in [5.41, 5.74) is 0. The number of ether oxygens (including phenoxy) is 1. The minimum atomic E-state index is -0.00537. The fraction of sp³-hybridized carbons (Fsp3) is 0.889. The maximum absolute atomic E-state index is 8.65. The van der Waals surface area contributed by atoms with Gasteiger partial charge in [-0.3, -0.25) is 5.32 Å². The lowest BCUT2D eigenvalue weighted by atomic mass is 10.2. The second kappa shape index (κ2) is 5.13. The van der Waals surface area contributed by atoms with Gasteiger partial charge in [0.15, 0.2) is 0 Å². The minimum absolute atomic E-state index is 0.00537. The maximum atomic E-state index is 8.65. The van der Waals surface area contributed by atoms with E-state index in [0.29, 0.717) is 6.10 Å². The first-order chi connectivity index (χ1) is 5.86. The SMILES string of the molecule is CCC(C#N)NCC1CCCO1. The van der Waals surface area contributed by atoms with E-state index >= 15 is 0 Å². The first kappa shape index (κ1) is 9.50. The number of rotatable bonds is 4. The summed E-state index contributed by atoms with van der Waals surface area (Å²) in [6, 6.07) is 2.20. The lowest BCUT2D eigenvalue weighted by Gasteiger charge is -2.13. The second-order valence-corrected chi connectivity index (χ2v) is 3.13. The Morgan fingerprint density at radius 2 is 2.58 bits per heavy atom. The van der Waals surface area contributed by atoms with Gasteiger partial charge in [-0.25, -0.2) is 0 Å². The van der Waals surface area contributed by atoms with E-state index in [4.69, 9.17) is 10.00 Å². The molecule has 0 radical (unpaired) electrons. The molecule has 1 N–H and O–H groups in total. The topological polar surface area (TPSA) is 45.0 Å². The largest absolute Gasteiger partial charge is 0.377 e. The third-order valence-electron chi connectivity index (χ3n) is 2.18. The molecule has 1 aliphatic rings. The van der Waals surface area contributed by atoms with Crippen LogP contribution in [-0.2, 0) is 4.74 Å². The maximum Gasteiger partial charge on any atom is 0.0951 e. The predicted octanol–water partition coefficient (Wildman–Crippen LogP) is 1.06. The van der Waals surface area contributed by atoms with Gasteiger partial charge in [-0.05, 0) is 19.3 Å². The van der Waals surface area contributed by atoms with Crippen LogP contribution in [0.4, 0.5) is 0 Å². The third kappa shape index (κ3) is 2.80. The smallest absolute Gasteiger partial charge is 0.0951 e. The predicted molar refractivity (Wildman–Crippen MR) is 46.7 cm³/mol. The quantitative estimate of drug-likeness (QED) is 0.682. The lowest BCUT2D eigenvalue weighted by molar-refractivity contribution is 0.109. The van der Waals surface area contributed by atoms with Crippen molar-refractivity contribution in [3.05, 3.63) is 0 Å². The van der Waals surface area contributed by atoms with E-state index < -0.39 is 0 Å².